The highest BCUT2D eigenvalue weighted by molar-refractivity contribution is 8.00. The fraction of sp³-hybridized carbons (Fsp3) is 0.167. The molecule has 1 amide bonds. The van der Waals surface area contributed by atoms with Crippen molar-refractivity contribution in [2.24, 2.45) is 0 Å². The van der Waals surface area contributed by atoms with Crippen LogP contribution in [-0.2, 0) is 23.9 Å². The lowest BCUT2D eigenvalue weighted by Crippen LogP contribution is -2.56. The summed E-state index contributed by atoms with van der Waals surface area (Å²) >= 11 is 1.52. The number of nitrogens with zero attached hydrogens (tertiary/aromatic N) is 1. The fourth-order valence-electron chi connectivity index (χ4n) is 4.38. The van der Waals surface area contributed by atoms with Crippen LogP contribution in [0.25, 0.3) is 6.08 Å². The molecule has 1 fully saturated rings. The Morgan fingerprint density at radius 1 is 0.946 bits per heavy atom. The quantitative estimate of drug-likeness (QED) is 0.249. The lowest BCUT2D eigenvalue weighted by Gasteiger charge is -2.46. The zero-order valence-electron chi connectivity index (χ0n) is 20.2. The lowest BCUT2D eigenvalue weighted by molar-refractivity contribution is -0.149. The smallest absolute Gasteiger partial charge is 0.356 e. The summed E-state index contributed by atoms with van der Waals surface area (Å²) in [6, 6.07) is 28.5. The molecule has 5 rings (SSSR count). The van der Waals surface area contributed by atoms with E-state index in [2.05, 4.69) is 0 Å². The molecule has 0 N–H and O–H groups in total. The molecule has 6 nitrogen and oxygen atoms in total. The third-order valence-corrected chi connectivity index (χ3v) is 7.45. The van der Waals surface area contributed by atoms with Crippen molar-refractivity contribution < 1.29 is 23.9 Å². The maximum Gasteiger partial charge on any atom is 0.356 e. The number of hydrogen-bond acceptors (Lipinski definition) is 6. The molecule has 2 aliphatic heterocycles. The molecule has 0 radical (unpaired) electrons. The molecule has 0 bridgehead atoms. The number of β-lactam (4-membered cyclic amide) rings is 1. The number of thioether (sulfide) groups is 1. The molecule has 2 aliphatic rings. The van der Waals surface area contributed by atoms with Crippen LogP contribution < -0.4 is 0 Å². The number of ether oxygens (including phenoxy) is 2. The van der Waals surface area contributed by atoms with Gasteiger partial charge in [0, 0.05) is 18.2 Å². The summed E-state index contributed by atoms with van der Waals surface area (Å²) in [4.78, 5) is 40.1. The summed E-state index contributed by atoms with van der Waals surface area (Å²) in [5, 5.41) is -0.316. The van der Waals surface area contributed by atoms with Crippen molar-refractivity contribution in [2.45, 2.75) is 18.4 Å². The van der Waals surface area contributed by atoms with Gasteiger partial charge in [-0.15, -0.1) is 11.8 Å². The van der Waals surface area contributed by atoms with Crippen molar-refractivity contribution in [3.8, 4) is 0 Å². The van der Waals surface area contributed by atoms with Gasteiger partial charge in [0.05, 0.1) is 5.57 Å². The number of benzene rings is 3. The molecular formula is C30H25NO5S. The largest absolute Gasteiger partial charge is 0.461 e. The van der Waals surface area contributed by atoms with E-state index in [1.54, 1.807) is 0 Å². The number of amides is 1. The molecule has 1 saturated heterocycles. The van der Waals surface area contributed by atoms with Crippen molar-refractivity contribution in [3.05, 3.63) is 125 Å². The molecule has 37 heavy (non-hydrogen) atoms. The first kappa shape index (κ1) is 24.6. The predicted molar refractivity (Wildman–Crippen MR) is 142 cm³/mol. The first-order chi connectivity index (χ1) is 18.0. The van der Waals surface area contributed by atoms with E-state index in [1.165, 1.54) is 23.6 Å². The van der Waals surface area contributed by atoms with Gasteiger partial charge in [0.15, 0.2) is 6.10 Å². The molecule has 0 saturated carbocycles. The number of esters is 2. The van der Waals surface area contributed by atoms with Gasteiger partial charge in [-0.05, 0) is 22.8 Å². The first-order valence-electron chi connectivity index (χ1n) is 11.9. The summed E-state index contributed by atoms with van der Waals surface area (Å²) < 4.78 is 11.3. The molecule has 3 aromatic carbocycles. The Hall–Kier alpha value is -4.10. The van der Waals surface area contributed by atoms with Gasteiger partial charge in [0.1, 0.15) is 17.7 Å². The van der Waals surface area contributed by atoms with E-state index >= 15 is 0 Å². The molecule has 0 aromatic heterocycles. The number of carbonyl (C=O) groups is 3. The maximum absolute atomic E-state index is 13.8. The van der Waals surface area contributed by atoms with Gasteiger partial charge in [-0.1, -0.05) is 91.0 Å². The Bertz CT molecular complexity index is 1330. The van der Waals surface area contributed by atoms with Gasteiger partial charge in [-0.25, -0.2) is 4.79 Å². The van der Waals surface area contributed by atoms with Crippen LogP contribution in [0.15, 0.2) is 108 Å². The Labute approximate surface area is 219 Å². The van der Waals surface area contributed by atoms with Crippen molar-refractivity contribution in [1.29, 1.82) is 0 Å². The Balaban J connectivity index is 1.48. The number of carbonyl (C=O) groups excluding carboxylic acids is 3. The second-order valence-electron chi connectivity index (χ2n) is 8.69. The number of fused-ring (bicyclic) bond motifs is 1. The van der Waals surface area contributed by atoms with E-state index in [0.717, 1.165) is 16.7 Å². The summed E-state index contributed by atoms with van der Waals surface area (Å²) in [6.07, 6.45) is 1.19. The van der Waals surface area contributed by atoms with Gasteiger partial charge < -0.3 is 9.47 Å². The van der Waals surface area contributed by atoms with E-state index in [0.29, 0.717) is 16.9 Å². The van der Waals surface area contributed by atoms with Crippen LogP contribution in [-0.4, -0.2) is 40.5 Å². The van der Waals surface area contributed by atoms with Gasteiger partial charge >= 0.3 is 11.9 Å². The topological polar surface area (TPSA) is 72.9 Å². The summed E-state index contributed by atoms with van der Waals surface area (Å²) in [6.45, 7) is 1.23. The molecule has 0 aliphatic carbocycles. The highest BCUT2D eigenvalue weighted by Crippen LogP contribution is 2.45. The molecule has 1 atom stereocenters. The minimum Gasteiger partial charge on any atom is -0.461 e. The van der Waals surface area contributed by atoms with E-state index in [9.17, 15) is 14.4 Å². The highest BCUT2D eigenvalue weighted by Gasteiger charge is 2.50. The standard InChI is InChI=1S/C30H25NO5S/c1-20(32)35-18-24-19-37-29-25(17-21-11-5-2-6-12-21)28(33)31(29)26(24)30(34)36-27(22-13-7-3-8-14-22)23-15-9-4-10-16-23/h2-17,27,29H,18-19H2,1H3/b25-17-. The Morgan fingerprint density at radius 2 is 1.51 bits per heavy atom. The lowest BCUT2D eigenvalue weighted by atomic mass is 9.99. The van der Waals surface area contributed by atoms with E-state index < -0.39 is 18.0 Å². The molecule has 0 spiro atoms. The van der Waals surface area contributed by atoms with Gasteiger partial charge in [-0.3, -0.25) is 14.5 Å². The predicted octanol–water partition coefficient (Wildman–Crippen LogP) is 5.14. The summed E-state index contributed by atoms with van der Waals surface area (Å²) in [7, 11) is 0. The molecular weight excluding hydrogens is 486 g/mol. The number of rotatable bonds is 7. The first-order valence-corrected chi connectivity index (χ1v) is 13.0. The van der Waals surface area contributed by atoms with Crippen LogP contribution in [0.3, 0.4) is 0 Å². The minimum absolute atomic E-state index is 0.0810. The summed E-state index contributed by atoms with van der Waals surface area (Å²) in [5.74, 6) is -0.917. The third kappa shape index (κ3) is 5.22. The normalized spacial score (nSPS) is 17.9. The van der Waals surface area contributed by atoms with Crippen molar-refractivity contribution in [2.75, 3.05) is 12.4 Å². The van der Waals surface area contributed by atoms with Crippen molar-refractivity contribution >= 4 is 35.7 Å². The second-order valence-corrected chi connectivity index (χ2v) is 9.76. The van der Waals surface area contributed by atoms with Crippen LogP contribution in [0.1, 0.15) is 29.7 Å². The van der Waals surface area contributed by atoms with Crippen LogP contribution in [0.5, 0.6) is 0 Å². The van der Waals surface area contributed by atoms with Crippen molar-refractivity contribution in [3.63, 3.8) is 0 Å². The zero-order chi connectivity index (χ0) is 25.8. The molecule has 3 aromatic rings. The van der Waals surface area contributed by atoms with E-state index in [-0.39, 0.29) is 23.6 Å². The SMILES string of the molecule is CC(=O)OCC1=C(C(=O)OC(c2ccccc2)c2ccccc2)N2C(=O)/C(=C/c3ccccc3)C2SC1. The molecule has 186 valence electrons. The monoisotopic (exact) mass is 511 g/mol. The number of hydrogen-bond donors (Lipinski definition) is 0. The third-order valence-electron chi connectivity index (χ3n) is 6.15. The Morgan fingerprint density at radius 3 is 2.08 bits per heavy atom. The van der Waals surface area contributed by atoms with Crippen LogP contribution in [0.2, 0.25) is 0 Å². The molecule has 2 heterocycles. The zero-order valence-corrected chi connectivity index (χ0v) is 21.0. The highest BCUT2D eigenvalue weighted by atomic mass is 32.2. The Kier molecular flexibility index (Phi) is 7.23. The fourth-order valence-corrected chi connectivity index (χ4v) is 5.65. The average Bonchev–Trinajstić information content (AvgIpc) is 2.94. The van der Waals surface area contributed by atoms with E-state index in [4.69, 9.17) is 9.47 Å². The minimum atomic E-state index is -0.666. The maximum atomic E-state index is 13.8. The average molecular weight is 512 g/mol. The van der Waals surface area contributed by atoms with Crippen molar-refractivity contribution in [1.82, 2.24) is 4.90 Å². The molecule has 1 unspecified atom stereocenters. The summed E-state index contributed by atoms with van der Waals surface area (Å²) in [5.41, 5.74) is 3.86. The van der Waals surface area contributed by atoms with Gasteiger partial charge in [-0.2, -0.15) is 0 Å². The van der Waals surface area contributed by atoms with Crippen LogP contribution >= 0.6 is 11.8 Å². The van der Waals surface area contributed by atoms with E-state index in [1.807, 2.05) is 97.1 Å². The van der Waals surface area contributed by atoms with Gasteiger partial charge in [0.25, 0.3) is 5.91 Å². The molecule has 7 heteroatoms. The van der Waals surface area contributed by atoms with Gasteiger partial charge in [0.2, 0.25) is 0 Å². The van der Waals surface area contributed by atoms with Crippen LogP contribution in [0, 0.1) is 0 Å². The second kappa shape index (κ2) is 10.9. The van der Waals surface area contributed by atoms with Crippen LogP contribution in [0.4, 0.5) is 0 Å².